The van der Waals surface area contributed by atoms with Gasteiger partial charge in [-0.25, -0.2) is 13.1 Å². The number of rotatable bonds is 6. The van der Waals surface area contributed by atoms with Crippen LogP contribution in [0.15, 0.2) is 23.1 Å². The summed E-state index contributed by atoms with van der Waals surface area (Å²) >= 11 is 0. The van der Waals surface area contributed by atoms with E-state index in [1.165, 1.54) is 6.07 Å². The molecule has 0 aliphatic rings. The first-order chi connectivity index (χ1) is 9.19. The monoisotopic (exact) mass is 301 g/mol. The van der Waals surface area contributed by atoms with Crippen molar-refractivity contribution in [1.82, 2.24) is 4.72 Å². The van der Waals surface area contributed by atoms with Crippen molar-refractivity contribution in [1.29, 1.82) is 0 Å². The molecule has 112 valence electrons. The van der Waals surface area contributed by atoms with E-state index in [1.54, 1.807) is 0 Å². The number of nitro benzene ring substituents is 1. The third kappa shape index (κ3) is 3.67. The molecule has 0 saturated heterocycles. The maximum atomic E-state index is 12.3. The molecule has 1 aromatic carbocycles. The molecule has 8 heteroatoms. The second-order valence-corrected chi connectivity index (χ2v) is 6.55. The van der Waals surface area contributed by atoms with Crippen LogP contribution in [0.3, 0.4) is 0 Å². The Morgan fingerprint density at radius 3 is 2.45 bits per heavy atom. The average molecular weight is 301 g/mol. The molecule has 0 spiro atoms. The van der Waals surface area contributed by atoms with Gasteiger partial charge in [0.15, 0.2) is 4.90 Å². The molecule has 1 unspecified atom stereocenters. The van der Waals surface area contributed by atoms with Crippen LogP contribution in [0, 0.1) is 16.0 Å². The molecule has 0 bridgehead atoms. The fraction of sp³-hybridized carbons (Fsp3) is 0.500. The fourth-order valence-electron chi connectivity index (χ4n) is 1.85. The molecular formula is C12H19N3O4S. The van der Waals surface area contributed by atoms with Crippen LogP contribution in [0.4, 0.5) is 11.4 Å². The van der Waals surface area contributed by atoms with Crippen molar-refractivity contribution in [3.63, 3.8) is 0 Å². The molecule has 0 aliphatic carbocycles. The molecule has 0 heterocycles. The number of anilines is 1. The average Bonchev–Trinajstić information content (AvgIpc) is 2.35. The smallest absolute Gasteiger partial charge is 0.289 e. The molecule has 0 saturated carbocycles. The van der Waals surface area contributed by atoms with Crippen LogP contribution in [0.2, 0.25) is 0 Å². The fourth-order valence-corrected chi connectivity index (χ4v) is 3.52. The Kier molecular flexibility index (Phi) is 5.07. The van der Waals surface area contributed by atoms with Gasteiger partial charge in [0.25, 0.3) is 5.69 Å². The maximum Gasteiger partial charge on any atom is 0.289 e. The predicted octanol–water partition coefficient (Wildman–Crippen LogP) is 1.89. The molecule has 1 rings (SSSR count). The van der Waals surface area contributed by atoms with Gasteiger partial charge < -0.3 is 5.73 Å². The van der Waals surface area contributed by atoms with Crippen molar-refractivity contribution in [2.45, 2.75) is 38.1 Å². The van der Waals surface area contributed by atoms with E-state index >= 15 is 0 Å². The van der Waals surface area contributed by atoms with Crippen LogP contribution < -0.4 is 10.5 Å². The molecule has 1 aromatic rings. The maximum absolute atomic E-state index is 12.3. The van der Waals surface area contributed by atoms with Crippen LogP contribution in [0.5, 0.6) is 0 Å². The number of hydrogen-bond donors (Lipinski definition) is 2. The molecule has 0 radical (unpaired) electrons. The number of nitrogens with zero attached hydrogens (tertiary/aromatic N) is 1. The van der Waals surface area contributed by atoms with Gasteiger partial charge in [-0.15, -0.1) is 0 Å². The second-order valence-electron chi connectivity index (χ2n) is 4.86. The largest absolute Gasteiger partial charge is 0.399 e. The zero-order valence-electron chi connectivity index (χ0n) is 11.7. The van der Waals surface area contributed by atoms with E-state index < -0.39 is 25.5 Å². The van der Waals surface area contributed by atoms with Crippen LogP contribution in [0.1, 0.15) is 27.2 Å². The van der Waals surface area contributed by atoms with Crippen molar-refractivity contribution in [3.05, 3.63) is 28.3 Å². The van der Waals surface area contributed by atoms with E-state index in [9.17, 15) is 18.5 Å². The first-order valence-corrected chi connectivity index (χ1v) is 7.73. The van der Waals surface area contributed by atoms with Gasteiger partial charge in [0.1, 0.15) is 0 Å². The van der Waals surface area contributed by atoms with Crippen LogP contribution in [0.25, 0.3) is 0 Å². The van der Waals surface area contributed by atoms with Gasteiger partial charge in [-0.3, -0.25) is 10.1 Å². The Morgan fingerprint density at radius 2 is 2.00 bits per heavy atom. The summed E-state index contributed by atoms with van der Waals surface area (Å²) in [5.41, 5.74) is 5.21. The topological polar surface area (TPSA) is 115 Å². The quantitative estimate of drug-likeness (QED) is 0.473. The van der Waals surface area contributed by atoms with Gasteiger partial charge in [-0.05, 0) is 24.5 Å². The Labute approximate surface area is 118 Å². The van der Waals surface area contributed by atoms with Crippen LogP contribution in [-0.2, 0) is 10.0 Å². The van der Waals surface area contributed by atoms with Gasteiger partial charge in [0, 0.05) is 17.8 Å². The number of nitro groups is 1. The Morgan fingerprint density at radius 1 is 1.40 bits per heavy atom. The highest BCUT2D eigenvalue weighted by Crippen LogP contribution is 2.26. The Bertz CT molecular complexity index is 599. The number of sulfonamides is 1. The van der Waals surface area contributed by atoms with Gasteiger partial charge in [-0.1, -0.05) is 20.8 Å². The number of nitrogens with one attached hydrogen (secondary N) is 1. The van der Waals surface area contributed by atoms with E-state index in [-0.39, 0.29) is 17.6 Å². The number of nitrogens with two attached hydrogens (primary N) is 1. The third-order valence-electron chi connectivity index (χ3n) is 3.02. The lowest BCUT2D eigenvalue weighted by Crippen LogP contribution is -2.38. The first-order valence-electron chi connectivity index (χ1n) is 6.25. The lowest BCUT2D eigenvalue weighted by Gasteiger charge is -2.20. The number of nitrogen functional groups attached to an aromatic ring is 1. The zero-order chi connectivity index (χ0) is 15.5. The summed E-state index contributed by atoms with van der Waals surface area (Å²) in [6.45, 7) is 5.61. The van der Waals surface area contributed by atoms with Crippen LogP contribution >= 0.6 is 0 Å². The normalized spacial score (nSPS) is 13.4. The molecule has 1 atom stereocenters. The molecule has 7 nitrogen and oxygen atoms in total. The highest BCUT2D eigenvalue weighted by molar-refractivity contribution is 7.89. The molecule has 20 heavy (non-hydrogen) atoms. The lowest BCUT2D eigenvalue weighted by molar-refractivity contribution is -0.387. The third-order valence-corrected chi connectivity index (χ3v) is 4.54. The molecular weight excluding hydrogens is 282 g/mol. The van der Waals surface area contributed by atoms with Gasteiger partial charge in [0.05, 0.1) is 4.92 Å². The SMILES string of the molecule is CCC(NS(=O)(=O)c1cc(N)ccc1[N+](=O)[O-])C(C)C. The molecule has 0 fully saturated rings. The standard InChI is InChI=1S/C12H19N3O4S/c1-4-10(8(2)3)14-20(18,19)12-7-9(13)5-6-11(12)15(16)17/h5-8,10,14H,4,13H2,1-3H3. The van der Waals surface area contributed by atoms with Crippen LogP contribution in [-0.4, -0.2) is 19.4 Å². The Hall–Kier alpha value is -1.67. The summed E-state index contributed by atoms with van der Waals surface area (Å²) in [7, 11) is -3.99. The summed E-state index contributed by atoms with van der Waals surface area (Å²) in [6.07, 6.45) is 0.590. The minimum atomic E-state index is -3.99. The molecule has 0 amide bonds. The predicted molar refractivity (Wildman–Crippen MR) is 76.7 cm³/mol. The van der Waals surface area contributed by atoms with E-state index in [4.69, 9.17) is 5.73 Å². The summed E-state index contributed by atoms with van der Waals surface area (Å²) < 4.78 is 27.1. The van der Waals surface area contributed by atoms with Crippen molar-refractivity contribution >= 4 is 21.4 Å². The molecule has 0 aliphatic heterocycles. The van der Waals surface area contributed by atoms with Crippen molar-refractivity contribution in [2.75, 3.05) is 5.73 Å². The van der Waals surface area contributed by atoms with E-state index in [0.717, 1.165) is 12.1 Å². The van der Waals surface area contributed by atoms with Gasteiger partial charge >= 0.3 is 0 Å². The molecule has 0 aromatic heterocycles. The van der Waals surface area contributed by atoms with Crippen molar-refractivity contribution in [2.24, 2.45) is 5.92 Å². The lowest BCUT2D eigenvalue weighted by atomic mass is 10.0. The van der Waals surface area contributed by atoms with E-state index in [0.29, 0.717) is 6.42 Å². The molecule has 3 N–H and O–H groups in total. The number of hydrogen-bond acceptors (Lipinski definition) is 5. The van der Waals surface area contributed by atoms with Gasteiger partial charge in [-0.2, -0.15) is 0 Å². The minimum absolute atomic E-state index is 0.0786. The minimum Gasteiger partial charge on any atom is -0.399 e. The van der Waals surface area contributed by atoms with E-state index in [2.05, 4.69) is 4.72 Å². The summed E-state index contributed by atoms with van der Waals surface area (Å²) in [6, 6.07) is 3.21. The summed E-state index contributed by atoms with van der Waals surface area (Å²) in [5.74, 6) is 0.0786. The van der Waals surface area contributed by atoms with Gasteiger partial charge in [0.2, 0.25) is 10.0 Å². The highest BCUT2D eigenvalue weighted by Gasteiger charge is 2.28. The summed E-state index contributed by atoms with van der Waals surface area (Å²) in [4.78, 5) is 9.81. The van der Waals surface area contributed by atoms with Crippen molar-refractivity contribution in [3.8, 4) is 0 Å². The second kappa shape index (κ2) is 6.19. The number of benzene rings is 1. The van der Waals surface area contributed by atoms with Crippen molar-refractivity contribution < 1.29 is 13.3 Å². The zero-order valence-corrected chi connectivity index (χ0v) is 12.5. The first kappa shape index (κ1) is 16.4. The highest BCUT2D eigenvalue weighted by atomic mass is 32.2. The summed E-state index contributed by atoms with van der Waals surface area (Å²) in [5, 5.41) is 10.9. The van der Waals surface area contributed by atoms with E-state index in [1.807, 2.05) is 20.8 Å². The Balaban J connectivity index is 3.28.